The molecule has 1 atom stereocenters. The van der Waals surface area contributed by atoms with E-state index >= 15 is 0 Å². The fraction of sp³-hybridized carbons (Fsp3) is 0.160. The van der Waals surface area contributed by atoms with Gasteiger partial charge in [-0.2, -0.15) is 4.72 Å². The number of amides is 1. The van der Waals surface area contributed by atoms with E-state index in [1.54, 1.807) is 54.6 Å². The van der Waals surface area contributed by atoms with Gasteiger partial charge in [-0.1, -0.05) is 30.3 Å². The number of nitrogens with zero attached hydrogens (tertiary/aromatic N) is 2. The smallest absolute Gasteiger partial charge is 0.330 e. The fourth-order valence-corrected chi connectivity index (χ4v) is 4.98. The lowest BCUT2D eigenvalue weighted by atomic mass is 10.1. The first-order valence-electron chi connectivity index (χ1n) is 10.8. The first kappa shape index (κ1) is 24.9. The van der Waals surface area contributed by atoms with Crippen LogP contribution in [0.2, 0.25) is 0 Å². The van der Waals surface area contributed by atoms with Crippen molar-refractivity contribution >= 4 is 32.5 Å². The molecule has 11 heteroatoms. The number of methoxy groups -OCH3 is 1. The SMILES string of the molecule is COc1ccc(NC(=O)[C@@H](NS(=O)(=O)c2ccc3c(c2)c(=O)n(C)c(=O)n3C)c2ccccc2)cc1. The van der Waals surface area contributed by atoms with Crippen LogP contribution in [0.15, 0.2) is 87.3 Å². The molecule has 186 valence electrons. The Morgan fingerprint density at radius 1 is 0.917 bits per heavy atom. The molecule has 10 nitrogen and oxygen atoms in total. The van der Waals surface area contributed by atoms with Crippen LogP contribution < -0.4 is 26.0 Å². The maximum absolute atomic E-state index is 13.4. The number of rotatable bonds is 7. The Kier molecular flexibility index (Phi) is 6.77. The number of nitrogens with one attached hydrogen (secondary N) is 2. The molecule has 0 saturated carbocycles. The lowest BCUT2D eigenvalue weighted by Crippen LogP contribution is -2.38. The summed E-state index contributed by atoms with van der Waals surface area (Å²) < 4.78 is 36.5. The molecule has 4 rings (SSSR count). The number of carbonyl (C=O) groups excluding carboxylic acids is 1. The second-order valence-corrected chi connectivity index (χ2v) is 9.78. The van der Waals surface area contributed by atoms with Gasteiger partial charge in [-0.15, -0.1) is 0 Å². The third kappa shape index (κ3) is 4.79. The van der Waals surface area contributed by atoms with Crippen molar-refractivity contribution in [2.75, 3.05) is 12.4 Å². The Bertz CT molecular complexity index is 1660. The van der Waals surface area contributed by atoms with Crippen LogP contribution in [-0.2, 0) is 28.9 Å². The zero-order valence-electron chi connectivity index (χ0n) is 19.8. The lowest BCUT2D eigenvalue weighted by molar-refractivity contribution is -0.117. The largest absolute Gasteiger partial charge is 0.497 e. The molecule has 0 bridgehead atoms. The molecule has 2 N–H and O–H groups in total. The van der Waals surface area contributed by atoms with Crippen molar-refractivity contribution in [3.63, 3.8) is 0 Å². The van der Waals surface area contributed by atoms with Gasteiger partial charge in [-0.25, -0.2) is 13.2 Å². The number of benzene rings is 3. The normalized spacial score (nSPS) is 12.3. The summed E-state index contributed by atoms with van der Waals surface area (Å²) >= 11 is 0. The number of ether oxygens (including phenoxy) is 1. The molecule has 3 aromatic carbocycles. The van der Waals surface area contributed by atoms with E-state index in [-0.39, 0.29) is 10.3 Å². The highest BCUT2D eigenvalue weighted by Gasteiger charge is 2.28. The summed E-state index contributed by atoms with van der Waals surface area (Å²) in [7, 11) is 0.0673. The van der Waals surface area contributed by atoms with Crippen LogP contribution in [0.4, 0.5) is 5.69 Å². The number of hydrogen-bond acceptors (Lipinski definition) is 6. The van der Waals surface area contributed by atoms with E-state index in [1.165, 1.54) is 44.0 Å². The molecule has 0 spiro atoms. The average molecular weight is 509 g/mol. The molecule has 0 aliphatic carbocycles. The van der Waals surface area contributed by atoms with E-state index in [0.717, 1.165) is 4.57 Å². The van der Waals surface area contributed by atoms with Gasteiger partial charge in [0.2, 0.25) is 15.9 Å². The number of aryl methyl sites for hydroxylation is 1. The highest BCUT2D eigenvalue weighted by atomic mass is 32.2. The van der Waals surface area contributed by atoms with Crippen LogP contribution in [0.25, 0.3) is 10.9 Å². The topological polar surface area (TPSA) is 128 Å². The van der Waals surface area contributed by atoms with Crippen LogP contribution in [0.3, 0.4) is 0 Å². The summed E-state index contributed by atoms with van der Waals surface area (Å²) in [5.74, 6) is 0.00213. The number of fused-ring (bicyclic) bond motifs is 1. The summed E-state index contributed by atoms with van der Waals surface area (Å²) in [6.45, 7) is 0. The molecule has 1 heterocycles. The van der Waals surface area contributed by atoms with Crippen molar-refractivity contribution in [3.05, 3.63) is 99.2 Å². The third-order valence-corrected chi connectivity index (χ3v) is 7.19. The van der Waals surface area contributed by atoms with E-state index in [2.05, 4.69) is 10.0 Å². The van der Waals surface area contributed by atoms with Gasteiger partial charge < -0.3 is 10.1 Å². The van der Waals surface area contributed by atoms with E-state index in [4.69, 9.17) is 4.74 Å². The molecule has 0 aliphatic rings. The molecule has 0 radical (unpaired) electrons. The first-order chi connectivity index (χ1) is 17.1. The van der Waals surface area contributed by atoms with Crippen LogP contribution in [0.1, 0.15) is 11.6 Å². The van der Waals surface area contributed by atoms with E-state index in [9.17, 15) is 22.8 Å². The standard InChI is InChI=1S/C25H24N4O6S/c1-28-21-14-13-19(15-20(21)24(31)29(2)25(28)32)36(33,34)27-22(16-7-5-4-6-8-16)23(30)26-17-9-11-18(35-3)12-10-17/h4-15,22,27H,1-3H3,(H,26,30)/t22-/m0/s1. The maximum Gasteiger partial charge on any atom is 0.330 e. The number of carbonyl (C=O) groups is 1. The van der Waals surface area contributed by atoms with Crippen molar-refractivity contribution in [1.29, 1.82) is 0 Å². The summed E-state index contributed by atoms with van der Waals surface area (Å²) in [4.78, 5) is 37.8. The van der Waals surface area contributed by atoms with Crippen LogP contribution in [0, 0.1) is 0 Å². The van der Waals surface area contributed by atoms with Crippen molar-refractivity contribution in [3.8, 4) is 5.75 Å². The highest BCUT2D eigenvalue weighted by Crippen LogP contribution is 2.22. The first-order valence-corrected chi connectivity index (χ1v) is 12.3. The third-order valence-electron chi connectivity index (χ3n) is 5.77. The number of anilines is 1. The summed E-state index contributed by atoms with van der Waals surface area (Å²) in [6.07, 6.45) is 0. The van der Waals surface area contributed by atoms with Gasteiger partial charge in [0.25, 0.3) is 5.56 Å². The van der Waals surface area contributed by atoms with Crippen molar-refractivity contribution < 1.29 is 17.9 Å². The van der Waals surface area contributed by atoms with Crippen molar-refractivity contribution in [2.45, 2.75) is 10.9 Å². The van der Waals surface area contributed by atoms with Crippen LogP contribution in [-0.4, -0.2) is 30.6 Å². The van der Waals surface area contributed by atoms with E-state index in [1.807, 2.05) is 0 Å². The monoisotopic (exact) mass is 508 g/mol. The van der Waals surface area contributed by atoms with Gasteiger partial charge in [0.05, 0.1) is 22.9 Å². The van der Waals surface area contributed by atoms with Gasteiger partial charge in [0.15, 0.2) is 0 Å². The van der Waals surface area contributed by atoms with Gasteiger partial charge in [0.1, 0.15) is 11.8 Å². The molecule has 4 aromatic rings. The number of hydrogen-bond donors (Lipinski definition) is 2. The average Bonchev–Trinajstić information content (AvgIpc) is 2.89. The van der Waals surface area contributed by atoms with Crippen molar-refractivity contribution in [2.24, 2.45) is 14.1 Å². The molecule has 0 unspecified atom stereocenters. The van der Waals surface area contributed by atoms with E-state index in [0.29, 0.717) is 22.5 Å². The summed E-state index contributed by atoms with van der Waals surface area (Å²) in [5.41, 5.74) is 0.0173. The molecule has 1 amide bonds. The minimum atomic E-state index is -4.27. The van der Waals surface area contributed by atoms with E-state index < -0.39 is 33.2 Å². The summed E-state index contributed by atoms with van der Waals surface area (Å²) in [5, 5.41) is 2.77. The van der Waals surface area contributed by atoms with Crippen LogP contribution >= 0.6 is 0 Å². The quantitative estimate of drug-likeness (QED) is 0.392. The second kappa shape index (κ2) is 9.80. The number of aromatic nitrogens is 2. The maximum atomic E-state index is 13.4. The Morgan fingerprint density at radius 3 is 2.22 bits per heavy atom. The second-order valence-electron chi connectivity index (χ2n) is 8.07. The van der Waals surface area contributed by atoms with Crippen molar-refractivity contribution in [1.82, 2.24) is 13.9 Å². The van der Waals surface area contributed by atoms with Gasteiger partial charge >= 0.3 is 5.69 Å². The zero-order valence-corrected chi connectivity index (χ0v) is 20.6. The van der Waals surface area contributed by atoms with Crippen LogP contribution in [0.5, 0.6) is 5.75 Å². The fourth-order valence-electron chi connectivity index (χ4n) is 3.77. The summed E-state index contributed by atoms with van der Waals surface area (Å²) in [6, 6.07) is 17.6. The van der Waals surface area contributed by atoms with Gasteiger partial charge in [0, 0.05) is 19.8 Å². The minimum absolute atomic E-state index is 0.0569. The minimum Gasteiger partial charge on any atom is -0.497 e. The molecular weight excluding hydrogens is 484 g/mol. The molecular formula is C25H24N4O6S. The lowest BCUT2D eigenvalue weighted by Gasteiger charge is -2.19. The molecule has 36 heavy (non-hydrogen) atoms. The highest BCUT2D eigenvalue weighted by molar-refractivity contribution is 7.89. The Balaban J connectivity index is 1.72. The Labute approximate surface area is 206 Å². The zero-order chi connectivity index (χ0) is 26.0. The molecule has 0 saturated heterocycles. The molecule has 0 fully saturated rings. The number of sulfonamides is 1. The molecule has 0 aliphatic heterocycles. The predicted molar refractivity (Wildman–Crippen MR) is 136 cm³/mol. The Hall–Kier alpha value is -4.22. The Morgan fingerprint density at radius 2 is 1.58 bits per heavy atom. The van der Waals surface area contributed by atoms with Gasteiger partial charge in [-0.3, -0.25) is 18.7 Å². The predicted octanol–water partition coefficient (Wildman–Crippen LogP) is 1.90. The molecule has 1 aromatic heterocycles. The van der Waals surface area contributed by atoms with Gasteiger partial charge in [-0.05, 0) is 48.0 Å².